The molecule has 0 aliphatic heterocycles. The van der Waals surface area contributed by atoms with E-state index in [2.05, 4.69) is 22.7 Å². The normalized spacial score (nSPS) is 10.3. The monoisotopic (exact) mass is 325 g/mol. The second-order valence-corrected chi connectivity index (χ2v) is 4.49. The molecule has 0 bridgehead atoms. The number of hydrogen-bond acceptors (Lipinski definition) is 6. The van der Waals surface area contributed by atoms with Gasteiger partial charge >= 0.3 is 5.97 Å². The molecule has 7 nitrogen and oxygen atoms in total. The molecule has 0 saturated carbocycles. The number of thiocarbonyl (C=S) groups is 1. The Labute approximate surface area is 134 Å². The number of hydrogen-bond donors (Lipinski definition) is 2. The number of esters is 1. The van der Waals surface area contributed by atoms with Crippen molar-refractivity contribution in [1.82, 2.24) is 5.43 Å². The van der Waals surface area contributed by atoms with Crippen LogP contribution in [0.15, 0.2) is 23.3 Å². The number of nitrogens with zero attached hydrogens (tertiary/aromatic N) is 1. The van der Waals surface area contributed by atoms with Crippen LogP contribution in [0.25, 0.3) is 0 Å². The SMILES string of the molecule is CCOC(=O)CCOc1cc(C=NNC(N)=S)ccc1OC. The summed E-state index contributed by atoms with van der Waals surface area (Å²) in [5.74, 6) is 0.759. The Hall–Kier alpha value is -2.35. The maximum absolute atomic E-state index is 11.3. The Morgan fingerprint density at radius 1 is 1.45 bits per heavy atom. The van der Waals surface area contributed by atoms with Crippen LogP contribution >= 0.6 is 12.2 Å². The lowest BCUT2D eigenvalue weighted by atomic mass is 10.2. The average molecular weight is 325 g/mol. The van der Waals surface area contributed by atoms with Gasteiger partial charge in [-0.2, -0.15) is 5.10 Å². The van der Waals surface area contributed by atoms with Crippen molar-refractivity contribution in [1.29, 1.82) is 0 Å². The summed E-state index contributed by atoms with van der Waals surface area (Å²) in [4.78, 5) is 11.3. The Balaban J connectivity index is 2.68. The van der Waals surface area contributed by atoms with Crippen LogP contribution in [0.1, 0.15) is 18.9 Å². The molecule has 0 atom stereocenters. The highest BCUT2D eigenvalue weighted by Crippen LogP contribution is 2.27. The van der Waals surface area contributed by atoms with Gasteiger partial charge in [0.1, 0.15) is 0 Å². The Kier molecular flexibility index (Phi) is 7.69. The van der Waals surface area contributed by atoms with Gasteiger partial charge in [-0.1, -0.05) is 0 Å². The minimum absolute atomic E-state index is 0.0793. The molecule has 1 aromatic rings. The van der Waals surface area contributed by atoms with Crippen LogP contribution in [0.5, 0.6) is 11.5 Å². The largest absolute Gasteiger partial charge is 0.493 e. The van der Waals surface area contributed by atoms with E-state index in [4.69, 9.17) is 19.9 Å². The summed E-state index contributed by atoms with van der Waals surface area (Å²) in [5, 5.41) is 3.94. The molecule has 8 heteroatoms. The van der Waals surface area contributed by atoms with Crippen LogP contribution in [0, 0.1) is 0 Å². The highest BCUT2D eigenvalue weighted by Gasteiger charge is 2.07. The van der Waals surface area contributed by atoms with E-state index in [0.717, 1.165) is 5.56 Å². The molecule has 1 aromatic carbocycles. The van der Waals surface area contributed by atoms with Crippen molar-refractivity contribution >= 4 is 29.5 Å². The molecular weight excluding hydrogens is 306 g/mol. The van der Waals surface area contributed by atoms with Crippen LogP contribution in [0.4, 0.5) is 0 Å². The number of carbonyl (C=O) groups excluding carboxylic acids is 1. The van der Waals surface area contributed by atoms with Gasteiger partial charge < -0.3 is 19.9 Å². The number of methoxy groups -OCH3 is 1. The fraction of sp³-hybridized carbons (Fsp3) is 0.357. The van der Waals surface area contributed by atoms with Crippen LogP contribution in [0.3, 0.4) is 0 Å². The summed E-state index contributed by atoms with van der Waals surface area (Å²) in [6.07, 6.45) is 1.70. The molecule has 0 aliphatic carbocycles. The number of ether oxygens (including phenoxy) is 3. The molecule has 22 heavy (non-hydrogen) atoms. The lowest BCUT2D eigenvalue weighted by molar-refractivity contribution is -0.143. The molecular formula is C14H19N3O4S. The first-order valence-electron chi connectivity index (χ1n) is 6.61. The van der Waals surface area contributed by atoms with Gasteiger partial charge in [-0.15, -0.1) is 0 Å². The standard InChI is InChI=1S/C14H19N3O4S/c1-3-20-13(18)6-7-21-12-8-10(4-5-11(12)19-2)9-16-17-14(15)22/h4-5,8-9H,3,6-7H2,1-2H3,(H3,15,17,22). The number of benzene rings is 1. The Morgan fingerprint density at radius 2 is 2.23 bits per heavy atom. The van der Waals surface area contributed by atoms with E-state index in [0.29, 0.717) is 18.1 Å². The van der Waals surface area contributed by atoms with Crippen LogP contribution in [0.2, 0.25) is 0 Å². The van der Waals surface area contributed by atoms with E-state index in [1.807, 2.05) is 0 Å². The van der Waals surface area contributed by atoms with Gasteiger partial charge in [0.25, 0.3) is 0 Å². The maximum atomic E-state index is 11.3. The summed E-state index contributed by atoms with van der Waals surface area (Å²) < 4.78 is 15.6. The predicted molar refractivity (Wildman–Crippen MR) is 87.3 cm³/mol. The van der Waals surface area contributed by atoms with E-state index in [-0.39, 0.29) is 24.1 Å². The number of hydrazone groups is 1. The van der Waals surface area contributed by atoms with Crippen molar-refractivity contribution in [3.63, 3.8) is 0 Å². The zero-order chi connectivity index (χ0) is 16.4. The predicted octanol–water partition coefficient (Wildman–Crippen LogP) is 1.19. The van der Waals surface area contributed by atoms with Crippen molar-refractivity contribution in [3.05, 3.63) is 23.8 Å². The van der Waals surface area contributed by atoms with Gasteiger partial charge in [0.15, 0.2) is 16.6 Å². The molecule has 0 radical (unpaired) electrons. The van der Waals surface area contributed by atoms with Crippen LogP contribution in [-0.2, 0) is 9.53 Å². The second kappa shape index (κ2) is 9.56. The van der Waals surface area contributed by atoms with Crippen molar-refractivity contribution in [2.45, 2.75) is 13.3 Å². The maximum Gasteiger partial charge on any atom is 0.309 e. The second-order valence-electron chi connectivity index (χ2n) is 4.05. The van der Waals surface area contributed by atoms with Gasteiger partial charge in [0, 0.05) is 0 Å². The Morgan fingerprint density at radius 3 is 2.86 bits per heavy atom. The van der Waals surface area contributed by atoms with E-state index < -0.39 is 0 Å². The molecule has 0 saturated heterocycles. The molecule has 0 heterocycles. The third kappa shape index (κ3) is 6.40. The molecule has 0 aromatic heterocycles. The van der Waals surface area contributed by atoms with Crippen LogP contribution in [-0.4, -0.2) is 37.6 Å². The van der Waals surface area contributed by atoms with Gasteiger partial charge in [0.2, 0.25) is 0 Å². The summed E-state index contributed by atoms with van der Waals surface area (Å²) in [7, 11) is 1.54. The van der Waals surface area contributed by atoms with Crippen molar-refractivity contribution in [3.8, 4) is 11.5 Å². The zero-order valence-electron chi connectivity index (χ0n) is 12.5. The molecule has 3 N–H and O–H groups in total. The minimum atomic E-state index is -0.306. The van der Waals surface area contributed by atoms with Gasteiger partial charge in [-0.05, 0) is 42.9 Å². The molecule has 120 valence electrons. The van der Waals surface area contributed by atoms with Crippen LogP contribution < -0.4 is 20.6 Å². The smallest absolute Gasteiger partial charge is 0.309 e. The fourth-order valence-corrected chi connectivity index (χ4v) is 1.59. The summed E-state index contributed by atoms with van der Waals surface area (Å²) in [6, 6.07) is 5.26. The quantitative estimate of drug-likeness (QED) is 0.321. The first-order chi connectivity index (χ1) is 10.6. The average Bonchev–Trinajstić information content (AvgIpc) is 2.47. The van der Waals surface area contributed by atoms with Crippen molar-refractivity contribution < 1.29 is 19.0 Å². The third-order valence-corrected chi connectivity index (χ3v) is 2.54. The van der Waals surface area contributed by atoms with Gasteiger partial charge in [0.05, 0.1) is 33.0 Å². The minimum Gasteiger partial charge on any atom is -0.493 e. The van der Waals surface area contributed by atoms with E-state index in [9.17, 15) is 4.79 Å². The highest BCUT2D eigenvalue weighted by molar-refractivity contribution is 7.80. The van der Waals surface area contributed by atoms with E-state index in [1.54, 1.807) is 25.1 Å². The number of nitrogens with one attached hydrogen (secondary N) is 1. The third-order valence-electron chi connectivity index (χ3n) is 2.45. The zero-order valence-corrected chi connectivity index (χ0v) is 13.3. The number of nitrogens with two attached hydrogens (primary N) is 1. The molecule has 0 amide bonds. The van der Waals surface area contributed by atoms with Crippen molar-refractivity contribution in [2.75, 3.05) is 20.3 Å². The fourth-order valence-electron chi connectivity index (χ4n) is 1.53. The Bertz CT molecular complexity index is 549. The summed E-state index contributed by atoms with van der Waals surface area (Å²) >= 11 is 4.64. The molecule has 0 unspecified atom stereocenters. The van der Waals surface area contributed by atoms with Crippen molar-refractivity contribution in [2.24, 2.45) is 10.8 Å². The lowest BCUT2D eigenvalue weighted by Gasteiger charge is -2.11. The van der Waals surface area contributed by atoms with Gasteiger partial charge in [-0.25, -0.2) is 0 Å². The number of carbonyl (C=O) groups is 1. The highest BCUT2D eigenvalue weighted by atomic mass is 32.1. The van der Waals surface area contributed by atoms with E-state index >= 15 is 0 Å². The lowest BCUT2D eigenvalue weighted by Crippen LogP contribution is -2.23. The first kappa shape index (κ1) is 17.7. The van der Waals surface area contributed by atoms with Gasteiger partial charge in [-0.3, -0.25) is 10.2 Å². The first-order valence-corrected chi connectivity index (χ1v) is 7.02. The topological polar surface area (TPSA) is 95.2 Å². The van der Waals surface area contributed by atoms with E-state index in [1.165, 1.54) is 13.3 Å². The summed E-state index contributed by atoms with van der Waals surface area (Å²) in [6.45, 7) is 2.30. The molecule has 0 aliphatic rings. The molecule has 0 fully saturated rings. The summed E-state index contributed by atoms with van der Waals surface area (Å²) in [5.41, 5.74) is 8.49. The molecule has 0 spiro atoms. The molecule has 1 rings (SSSR count). The number of rotatable bonds is 8.